The van der Waals surface area contributed by atoms with Crippen LogP contribution in [-0.4, -0.2) is 43.9 Å². The summed E-state index contributed by atoms with van der Waals surface area (Å²) in [6.07, 6.45) is 5.66. The molecule has 0 bridgehead atoms. The Morgan fingerprint density at radius 2 is 1.29 bits per heavy atom. The van der Waals surface area contributed by atoms with Crippen molar-refractivity contribution in [2.45, 2.75) is 80.8 Å². The zero-order chi connectivity index (χ0) is 46.7. The van der Waals surface area contributed by atoms with Crippen molar-refractivity contribution in [1.82, 2.24) is 14.1 Å². The zero-order valence-electron chi connectivity index (χ0n) is 40.7. The summed E-state index contributed by atoms with van der Waals surface area (Å²) in [6, 6.07) is 54.6. The number of ether oxygens (including phenoxy) is 1. The van der Waals surface area contributed by atoms with Crippen molar-refractivity contribution in [2.24, 2.45) is 0 Å². The molecule has 0 N–H and O–H groups in total. The summed E-state index contributed by atoms with van der Waals surface area (Å²) in [4.78, 5) is 5.05. The summed E-state index contributed by atoms with van der Waals surface area (Å²) in [5.41, 5.74) is 15.9. The van der Waals surface area contributed by atoms with E-state index in [2.05, 4.69) is 235 Å². The third-order valence-electron chi connectivity index (χ3n) is 13.8. The standard InChI is InChI=1S/C42H33N4OSi.2C9H11.Bi.Pt/c1-42(2,3)28-22-23-43-40(24-28)46-34-15-10-9-14-32(34)33-20-18-30(25-36(33)46)47-31-19-21-38-37(26-31)45-27-44(29-12-7-6-8-13-29)35-16-11-17-39(41(35)45)48(38,4)5;2*1-7-4-8(2)6-9(3)5-7;;/h6-8,10-24H,1-5H3;2*4-5H,1-3H3;;/q-2;;;;. The van der Waals surface area contributed by atoms with E-state index in [1.807, 2.05) is 6.20 Å². The quantitative estimate of drug-likeness (QED) is 0.0906. The van der Waals surface area contributed by atoms with E-state index in [4.69, 9.17) is 9.72 Å². The van der Waals surface area contributed by atoms with Crippen LogP contribution in [0, 0.1) is 60.0 Å². The fourth-order valence-corrected chi connectivity index (χ4v) is 25.0. The van der Waals surface area contributed by atoms with E-state index in [1.54, 1.807) is 6.54 Å². The molecule has 4 heterocycles. The molecule has 342 valence electrons. The second-order valence-corrected chi connectivity index (χ2v) is 32.6. The maximum absolute atomic E-state index is 6.86. The number of nitrogens with zero attached hydrogens (tertiary/aromatic N) is 4. The second-order valence-electron chi connectivity index (χ2n) is 20.2. The minimum Gasteiger partial charge on any atom is 0 e. The molecule has 1 aliphatic rings. The predicted octanol–water partition coefficient (Wildman–Crippen LogP) is 10.4. The molecule has 3 aromatic heterocycles. The van der Waals surface area contributed by atoms with Crippen LogP contribution >= 0.6 is 0 Å². The van der Waals surface area contributed by atoms with Gasteiger partial charge in [0, 0.05) is 29.1 Å². The molecule has 0 saturated heterocycles. The predicted molar refractivity (Wildman–Crippen MR) is 281 cm³/mol. The van der Waals surface area contributed by atoms with E-state index < -0.39 is 29.8 Å². The number of para-hydroxylation sites is 2. The third-order valence-corrected chi connectivity index (χ3v) is 29.4. The van der Waals surface area contributed by atoms with Gasteiger partial charge in [-0.1, -0.05) is 54.7 Å². The van der Waals surface area contributed by atoms with E-state index in [0.717, 1.165) is 39.1 Å². The van der Waals surface area contributed by atoms with E-state index >= 15 is 0 Å². The van der Waals surface area contributed by atoms with E-state index in [0.29, 0.717) is 11.5 Å². The number of benzene rings is 7. The fraction of sp³-hybridized carbons (Fsp3) is 0.200. The minimum absolute atomic E-state index is 0. The molecule has 0 saturated carbocycles. The average molecular weight is 1280 g/mol. The second kappa shape index (κ2) is 17.2. The van der Waals surface area contributed by atoms with Gasteiger partial charge in [-0.25, -0.2) is 0 Å². The Hall–Kier alpha value is -5.45. The molecule has 0 amide bonds. The Morgan fingerprint density at radius 1 is 0.647 bits per heavy atom. The summed E-state index contributed by atoms with van der Waals surface area (Å²) in [6.45, 7) is 25.4. The van der Waals surface area contributed by atoms with Crippen molar-refractivity contribution in [3.05, 3.63) is 191 Å². The first kappa shape index (κ1) is 46.3. The molecule has 0 atom stereocenters. The van der Waals surface area contributed by atoms with E-state index in [1.165, 1.54) is 63.5 Å². The van der Waals surface area contributed by atoms with Crippen molar-refractivity contribution < 1.29 is 30.4 Å². The topological polar surface area (TPSA) is 35.9 Å². The molecule has 11 rings (SSSR count). The van der Waals surface area contributed by atoms with Crippen LogP contribution in [0.2, 0.25) is 13.1 Å². The van der Waals surface area contributed by atoms with Crippen LogP contribution in [0.25, 0.3) is 50.0 Å². The molecule has 0 spiro atoms. The monoisotopic (exact) mass is 1280 g/mol. The Bertz CT molecular complexity index is 3550. The normalized spacial score (nSPS) is 13.1. The van der Waals surface area contributed by atoms with Crippen LogP contribution in [0.15, 0.2) is 134 Å². The molecular formula is C60H55BiN4OPtSi-2. The Balaban J connectivity index is 0.00000539. The summed E-state index contributed by atoms with van der Waals surface area (Å²) in [7, 11) is -2.11. The maximum Gasteiger partial charge on any atom is 0 e. The number of imidazole rings is 1. The largest absolute Gasteiger partial charge is 0 e. The fourth-order valence-electron chi connectivity index (χ4n) is 10.8. The van der Waals surface area contributed by atoms with Crippen LogP contribution in [0.3, 0.4) is 0 Å². The Labute approximate surface area is 424 Å². The number of rotatable bonds is 7. The van der Waals surface area contributed by atoms with Gasteiger partial charge >= 0.3 is 304 Å². The Kier molecular flexibility index (Phi) is 11.7. The van der Waals surface area contributed by atoms with Gasteiger partial charge in [0.05, 0.1) is 16.7 Å². The van der Waals surface area contributed by atoms with Crippen LogP contribution in [-0.2, 0) is 26.5 Å². The SMILES string of the molecule is Cc1cc(C)[c]([Bi]([c]2ccc3c(c2)c2ccc(Oc4[c-]c5c(cc4)[Si](C)(C)c4cccc6c4n-5[c-][n+]6-c4ccccc4)[c-]c2n3-c2cc(C(C)(C)C)ccn2)[c]2c(C)cc(C)cc2C)c(C)c1.[Pt]. The first-order chi connectivity index (χ1) is 32.1. The molecule has 0 unspecified atom stereocenters. The van der Waals surface area contributed by atoms with Crippen molar-refractivity contribution in [3.8, 4) is 28.7 Å². The molecule has 7 aromatic carbocycles. The molecule has 0 fully saturated rings. The zero-order valence-corrected chi connectivity index (χ0v) is 47.4. The number of aromatic nitrogens is 4. The number of fused-ring (bicyclic) bond motifs is 5. The third kappa shape index (κ3) is 7.65. The molecule has 5 nitrogen and oxygen atoms in total. The van der Waals surface area contributed by atoms with Crippen molar-refractivity contribution in [2.75, 3.05) is 0 Å². The number of aryl methyl sites for hydroxylation is 6. The molecular weight excluding hydrogens is 1220 g/mol. The van der Waals surface area contributed by atoms with Gasteiger partial charge in [-0.15, -0.1) is 0 Å². The summed E-state index contributed by atoms with van der Waals surface area (Å²) in [5, 5.41) is 5.03. The number of pyridine rings is 1. The van der Waals surface area contributed by atoms with Gasteiger partial charge in [-0.3, -0.25) is 4.57 Å². The van der Waals surface area contributed by atoms with Crippen LogP contribution in [0.5, 0.6) is 11.5 Å². The average Bonchev–Trinajstić information content (AvgIpc) is 3.83. The van der Waals surface area contributed by atoms with Crippen LogP contribution in [0.4, 0.5) is 0 Å². The van der Waals surface area contributed by atoms with Gasteiger partial charge in [0.25, 0.3) is 6.33 Å². The van der Waals surface area contributed by atoms with Gasteiger partial charge in [0.15, 0.2) is 0 Å². The van der Waals surface area contributed by atoms with Gasteiger partial charge < -0.3 is 0 Å². The molecule has 10 aromatic rings. The van der Waals surface area contributed by atoms with E-state index in [9.17, 15) is 0 Å². The Morgan fingerprint density at radius 3 is 1.96 bits per heavy atom. The maximum atomic E-state index is 6.86. The summed E-state index contributed by atoms with van der Waals surface area (Å²) >= 11 is -2.93. The molecule has 68 heavy (non-hydrogen) atoms. The van der Waals surface area contributed by atoms with E-state index in [-0.39, 0.29) is 26.5 Å². The van der Waals surface area contributed by atoms with Crippen molar-refractivity contribution in [3.63, 3.8) is 0 Å². The van der Waals surface area contributed by atoms with Crippen molar-refractivity contribution >= 4 is 82.9 Å². The first-order valence-corrected chi connectivity index (χ1v) is 31.5. The van der Waals surface area contributed by atoms with Crippen LogP contribution in [0.1, 0.15) is 59.7 Å². The number of hydrogen-bond acceptors (Lipinski definition) is 2. The summed E-state index contributed by atoms with van der Waals surface area (Å²) in [5.74, 6) is 2.14. The van der Waals surface area contributed by atoms with Gasteiger partial charge in [-0.2, -0.15) is 0 Å². The smallest absolute Gasteiger partial charge is 0 e. The molecule has 0 radical (unpaired) electrons. The van der Waals surface area contributed by atoms with Crippen molar-refractivity contribution in [1.29, 1.82) is 0 Å². The molecule has 0 aliphatic carbocycles. The first-order valence-electron chi connectivity index (χ1n) is 23.3. The van der Waals surface area contributed by atoms with Gasteiger partial charge in [0.1, 0.15) is 0 Å². The molecule has 1 aliphatic heterocycles. The molecule has 8 heteroatoms. The van der Waals surface area contributed by atoms with Gasteiger partial charge in [-0.05, 0) is 12.1 Å². The summed E-state index contributed by atoms with van der Waals surface area (Å²) < 4.78 is 18.1. The van der Waals surface area contributed by atoms with Crippen LogP contribution < -0.4 is 29.5 Å². The number of hydrogen-bond donors (Lipinski definition) is 0. The van der Waals surface area contributed by atoms with Gasteiger partial charge in [0.2, 0.25) is 0 Å². The minimum atomic E-state index is -2.93.